The Morgan fingerprint density at radius 3 is 2.38 bits per heavy atom. The molecule has 0 atom stereocenters. The minimum absolute atomic E-state index is 0.114. The van der Waals surface area contributed by atoms with E-state index in [9.17, 15) is 4.79 Å². The lowest BCUT2D eigenvalue weighted by Gasteiger charge is -2.13. The molecule has 1 N–H and O–H groups in total. The molecule has 0 unspecified atom stereocenters. The van der Waals surface area contributed by atoms with Crippen molar-refractivity contribution in [1.82, 2.24) is 9.97 Å². The zero-order valence-electron chi connectivity index (χ0n) is 14.5. The van der Waals surface area contributed by atoms with E-state index < -0.39 is 5.97 Å². The summed E-state index contributed by atoms with van der Waals surface area (Å²) in [5, 5.41) is 2.92. The van der Waals surface area contributed by atoms with Gasteiger partial charge in [0.15, 0.2) is 5.82 Å². The fourth-order valence-corrected chi connectivity index (χ4v) is 2.51. The average molecular weight is 345 g/mol. The maximum absolute atomic E-state index is 11.6. The average Bonchev–Trinajstić information content (AvgIpc) is 2.70. The Bertz CT molecular complexity index is 909. The zero-order valence-corrected chi connectivity index (χ0v) is 14.5. The lowest BCUT2D eigenvalue weighted by molar-refractivity contribution is -0.135. The number of anilines is 1. The number of methoxy groups -OCH3 is 1. The van der Waals surface area contributed by atoms with Crippen molar-refractivity contribution >= 4 is 11.8 Å². The molecule has 5 nitrogen and oxygen atoms in total. The van der Waals surface area contributed by atoms with Gasteiger partial charge in [-0.1, -0.05) is 67.2 Å². The van der Waals surface area contributed by atoms with Crippen molar-refractivity contribution in [3.63, 3.8) is 0 Å². The predicted molar refractivity (Wildman–Crippen MR) is 101 cm³/mol. The van der Waals surface area contributed by atoms with Gasteiger partial charge in [-0.3, -0.25) is 0 Å². The van der Waals surface area contributed by atoms with Crippen LogP contribution in [-0.2, 0) is 16.0 Å². The fourth-order valence-electron chi connectivity index (χ4n) is 2.51. The van der Waals surface area contributed by atoms with E-state index in [2.05, 4.69) is 21.6 Å². The summed E-state index contributed by atoms with van der Waals surface area (Å²) in [5.74, 6) is -0.0477. The van der Waals surface area contributed by atoms with E-state index in [0.717, 1.165) is 22.5 Å². The highest BCUT2D eigenvalue weighted by atomic mass is 16.5. The highest BCUT2D eigenvalue weighted by Gasteiger charge is 2.14. The molecule has 0 saturated heterocycles. The second-order valence-corrected chi connectivity index (χ2v) is 5.67. The molecule has 2 aromatic carbocycles. The molecule has 26 heavy (non-hydrogen) atoms. The van der Waals surface area contributed by atoms with Gasteiger partial charge in [0.05, 0.1) is 24.7 Å². The normalized spacial score (nSPS) is 10.2. The van der Waals surface area contributed by atoms with Crippen LogP contribution in [0.3, 0.4) is 0 Å². The molecule has 0 radical (unpaired) electrons. The maximum Gasteiger partial charge on any atom is 0.353 e. The third-order valence-corrected chi connectivity index (χ3v) is 3.83. The van der Waals surface area contributed by atoms with E-state index in [1.54, 1.807) is 6.20 Å². The molecule has 1 aromatic heterocycles. The Labute approximate surface area is 152 Å². The summed E-state index contributed by atoms with van der Waals surface area (Å²) < 4.78 is 4.69. The van der Waals surface area contributed by atoms with Crippen LogP contribution in [0.5, 0.6) is 0 Å². The molecule has 0 amide bonds. The molecule has 1 heterocycles. The highest BCUT2D eigenvalue weighted by molar-refractivity contribution is 5.90. The van der Waals surface area contributed by atoms with Crippen molar-refractivity contribution in [3.05, 3.63) is 90.4 Å². The standard InChI is InChI=1S/C21H19N3O2/c1-15(21(25)26-2)23-20-18(13-16-9-5-3-6-10-16)24-19(14-22-20)17-11-7-4-8-12-17/h3-12,14H,1,13H2,2H3,(H,22,23). The number of ether oxygens (including phenoxy) is 1. The number of hydrogen-bond donors (Lipinski definition) is 1. The number of carbonyl (C=O) groups is 1. The first-order valence-electron chi connectivity index (χ1n) is 8.17. The summed E-state index contributed by atoms with van der Waals surface area (Å²) >= 11 is 0. The Morgan fingerprint density at radius 2 is 1.73 bits per heavy atom. The molecule has 0 spiro atoms. The molecule has 0 saturated carbocycles. The SMILES string of the molecule is C=C(Nc1ncc(-c2ccccc2)nc1Cc1ccccc1)C(=O)OC. The minimum atomic E-state index is -0.537. The molecule has 130 valence electrons. The van der Waals surface area contributed by atoms with Gasteiger partial charge in [-0.25, -0.2) is 14.8 Å². The summed E-state index contributed by atoms with van der Waals surface area (Å²) in [4.78, 5) is 20.9. The summed E-state index contributed by atoms with van der Waals surface area (Å²) in [6.07, 6.45) is 2.25. The number of nitrogens with zero attached hydrogens (tertiary/aromatic N) is 2. The molecule has 0 aliphatic rings. The first-order chi connectivity index (χ1) is 12.7. The van der Waals surface area contributed by atoms with Crippen LogP contribution in [0.25, 0.3) is 11.3 Å². The van der Waals surface area contributed by atoms with Gasteiger partial charge in [-0.15, -0.1) is 0 Å². The van der Waals surface area contributed by atoms with Crippen molar-refractivity contribution in [2.24, 2.45) is 0 Å². The van der Waals surface area contributed by atoms with Crippen LogP contribution in [0.2, 0.25) is 0 Å². The van der Waals surface area contributed by atoms with E-state index in [1.807, 2.05) is 60.7 Å². The summed E-state index contributed by atoms with van der Waals surface area (Å²) in [6.45, 7) is 3.70. The number of esters is 1. The lowest BCUT2D eigenvalue weighted by atomic mass is 10.1. The maximum atomic E-state index is 11.6. The van der Waals surface area contributed by atoms with Crippen LogP contribution < -0.4 is 5.32 Å². The zero-order chi connectivity index (χ0) is 18.4. The van der Waals surface area contributed by atoms with Crippen LogP contribution >= 0.6 is 0 Å². The number of carbonyl (C=O) groups excluding carboxylic acids is 1. The lowest BCUT2D eigenvalue weighted by Crippen LogP contribution is -2.14. The molecule has 0 fully saturated rings. The van der Waals surface area contributed by atoms with Gasteiger partial charge in [0.25, 0.3) is 0 Å². The van der Waals surface area contributed by atoms with Crippen LogP contribution in [0.1, 0.15) is 11.3 Å². The van der Waals surface area contributed by atoms with Crippen molar-refractivity contribution in [3.8, 4) is 11.3 Å². The molecule has 0 bridgehead atoms. The van der Waals surface area contributed by atoms with Gasteiger partial charge in [-0.2, -0.15) is 0 Å². The third-order valence-electron chi connectivity index (χ3n) is 3.83. The molecule has 3 aromatic rings. The Morgan fingerprint density at radius 1 is 1.08 bits per heavy atom. The monoisotopic (exact) mass is 345 g/mol. The van der Waals surface area contributed by atoms with E-state index in [4.69, 9.17) is 4.98 Å². The molecule has 3 rings (SSSR count). The number of aromatic nitrogens is 2. The van der Waals surface area contributed by atoms with Gasteiger partial charge in [-0.05, 0) is 5.56 Å². The van der Waals surface area contributed by atoms with Crippen molar-refractivity contribution in [2.45, 2.75) is 6.42 Å². The largest absolute Gasteiger partial charge is 0.464 e. The van der Waals surface area contributed by atoms with E-state index >= 15 is 0 Å². The first kappa shape index (κ1) is 17.4. The first-order valence-corrected chi connectivity index (χ1v) is 8.17. The highest BCUT2D eigenvalue weighted by Crippen LogP contribution is 2.22. The Balaban J connectivity index is 1.97. The predicted octanol–water partition coefficient (Wildman–Crippen LogP) is 3.83. The number of rotatable bonds is 6. The van der Waals surface area contributed by atoms with Crippen LogP contribution in [0.4, 0.5) is 5.82 Å². The van der Waals surface area contributed by atoms with Gasteiger partial charge in [0, 0.05) is 12.0 Å². The fraction of sp³-hybridized carbons (Fsp3) is 0.0952. The van der Waals surface area contributed by atoms with Crippen molar-refractivity contribution in [2.75, 3.05) is 12.4 Å². The second kappa shape index (κ2) is 8.07. The number of nitrogens with one attached hydrogen (secondary N) is 1. The summed E-state index contributed by atoms with van der Waals surface area (Å²) in [7, 11) is 1.31. The van der Waals surface area contributed by atoms with Crippen LogP contribution in [0, 0.1) is 0 Å². The van der Waals surface area contributed by atoms with E-state index in [0.29, 0.717) is 12.2 Å². The van der Waals surface area contributed by atoms with Gasteiger partial charge in [0.2, 0.25) is 0 Å². The molecular weight excluding hydrogens is 326 g/mol. The molecule has 0 aliphatic heterocycles. The van der Waals surface area contributed by atoms with Crippen LogP contribution in [-0.4, -0.2) is 23.0 Å². The third kappa shape index (κ3) is 4.13. The number of benzene rings is 2. The van der Waals surface area contributed by atoms with E-state index in [1.165, 1.54) is 7.11 Å². The Kier molecular flexibility index (Phi) is 5.39. The van der Waals surface area contributed by atoms with Gasteiger partial charge in [0.1, 0.15) is 5.70 Å². The quantitative estimate of drug-likeness (QED) is 0.543. The van der Waals surface area contributed by atoms with Crippen molar-refractivity contribution in [1.29, 1.82) is 0 Å². The van der Waals surface area contributed by atoms with E-state index in [-0.39, 0.29) is 5.70 Å². The van der Waals surface area contributed by atoms with Gasteiger partial charge < -0.3 is 10.1 Å². The van der Waals surface area contributed by atoms with Gasteiger partial charge >= 0.3 is 5.97 Å². The van der Waals surface area contributed by atoms with Crippen LogP contribution in [0.15, 0.2) is 79.1 Å². The van der Waals surface area contributed by atoms with Crippen molar-refractivity contribution < 1.29 is 9.53 Å². The molecular formula is C21H19N3O2. The summed E-state index contributed by atoms with van der Waals surface area (Å²) in [6, 6.07) is 19.8. The number of hydrogen-bond acceptors (Lipinski definition) is 5. The Hall–Kier alpha value is -3.47. The topological polar surface area (TPSA) is 64.1 Å². The summed E-state index contributed by atoms with van der Waals surface area (Å²) in [5.41, 5.74) is 3.68. The minimum Gasteiger partial charge on any atom is -0.464 e. The molecule has 0 aliphatic carbocycles. The smallest absolute Gasteiger partial charge is 0.353 e. The second-order valence-electron chi connectivity index (χ2n) is 5.67. The molecule has 5 heteroatoms.